The Hall–Kier alpha value is 0.270. The van der Waals surface area contributed by atoms with E-state index in [1.165, 1.54) is 25.0 Å². The van der Waals surface area contributed by atoms with Crippen molar-refractivity contribution in [3.63, 3.8) is 0 Å². The van der Waals surface area contributed by atoms with Gasteiger partial charge in [-0.05, 0) is 25.2 Å². The zero-order valence-corrected chi connectivity index (χ0v) is 9.72. The maximum absolute atomic E-state index is 9.67. The number of hydrogen-bond donors (Lipinski definition) is 2. The van der Waals surface area contributed by atoms with E-state index in [1.54, 1.807) is 0 Å². The van der Waals surface area contributed by atoms with Gasteiger partial charge in [0.1, 0.15) is 0 Å². The number of rotatable bonds is 3. The Balaban J connectivity index is 1.67. The van der Waals surface area contributed by atoms with E-state index in [2.05, 4.69) is 24.0 Å². The summed E-state index contributed by atoms with van der Waals surface area (Å²) in [5.74, 6) is 1.78. The molecule has 1 saturated carbocycles. The SMILES string of the molecule is CC1CC(NCC2CCCC2O)CS1. The van der Waals surface area contributed by atoms with Gasteiger partial charge in [0.2, 0.25) is 0 Å². The van der Waals surface area contributed by atoms with Gasteiger partial charge in [0.05, 0.1) is 6.10 Å². The summed E-state index contributed by atoms with van der Waals surface area (Å²) in [7, 11) is 0. The lowest BCUT2D eigenvalue weighted by molar-refractivity contribution is 0.130. The van der Waals surface area contributed by atoms with Crippen LogP contribution in [-0.2, 0) is 0 Å². The zero-order valence-electron chi connectivity index (χ0n) is 8.91. The molecule has 2 fully saturated rings. The van der Waals surface area contributed by atoms with E-state index in [0.717, 1.165) is 18.2 Å². The fourth-order valence-electron chi connectivity index (χ4n) is 2.53. The molecule has 0 aromatic heterocycles. The molecule has 4 atom stereocenters. The first kappa shape index (κ1) is 10.8. The lowest BCUT2D eigenvalue weighted by Crippen LogP contribution is -2.35. The zero-order chi connectivity index (χ0) is 9.97. The van der Waals surface area contributed by atoms with E-state index in [0.29, 0.717) is 12.0 Å². The first-order valence-corrected chi connectivity index (χ1v) is 6.83. The van der Waals surface area contributed by atoms with Crippen molar-refractivity contribution < 1.29 is 5.11 Å². The highest BCUT2D eigenvalue weighted by atomic mass is 32.2. The minimum atomic E-state index is -0.0334. The van der Waals surface area contributed by atoms with Gasteiger partial charge < -0.3 is 10.4 Å². The molecule has 0 radical (unpaired) electrons. The van der Waals surface area contributed by atoms with Gasteiger partial charge in [-0.1, -0.05) is 13.3 Å². The van der Waals surface area contributed by atoms with Crippen LogP contribution in [-0.4, -0.2) is 34.8 Å². The molecule has 14 heavy (non-hydrogen) atoms. The molecule has 1 aliphatic carbocycles. The van der Waals surface area contributed by atoms with E-state index in [9.17, 15) is 5.11 Å². The number of hydrogen-bond acceptors (Lipinski definition) is 3. The van der Waals surface area contributed by atoms with Crippen LogP contribution in [0.25, 0.3) is 0 Å². The first-order chi connectivity index (χ1) is 6.75. The maximum Gasteiger partial charge on any atom is 0.0580 e. The summed E-state index contributed by atoms with van der Waals surface area (Å²) < 4.78 is 0. The van der Waals surface area contributed by atoms with Gasteiger partial charge in [0.25, 0.3) is 0 Å². The molecule has 2 rings (SSSR count). The minimum absolute atomic E-state index is 0.0334. The third-order valence-electron chi connectivity index (χ3n) is 3.49. The van der Waals surface area contributed by atoms with Crippen LogP contribution in [0, 0.1) is 5.92 Å². The third kappa shape index (κ3) is 2.65. The third-order valence-corrected chi connectivity index (χ3v) is 4.84. The average Bonchev–Trinajstić information content (AvgIpc) is 2.72. The second-order valence-electron chi connectivity index (χ2n) is 4.74. The van der Waals surface area contributed by atoms with Crippen LogP contribution in [0.3, 0.4) is 0 Å². The molecule has 0 amide bonds. The Morgan fingerprint density at radius 3 is 2.86 bits per heavy atom. The van der Waals surface area contributed by atoms with Crippen molar-refractivity contribution in [1.82, 2.24) is 5.32 Å². The van der Waals surface area contributed by atoms with Crippen molar-refractivity contribution in [3.8, 4) is 0 Å². The smallest absolute Gasteiger partial charge is 0.0580 e. The van der Waals surface area contributed by atoms with Crippen LogP contribution >= 0.6 is 11.8 Å². The molecule has 1 heterocycles. The number of aliphatic hydroxyl groups is 1. The quantitative estimate of drug-likeness (QED) is 0.750. The molecule has 2 N–H and O–H groups in total. The molecule has 1 aliphatic heterocycles. The molecule has 3 heteroatoms. The van der Waals surface area contributed by atoms with E-state index in [4.69, 9.17) is 0 Å². The van der Waals surface area contributed by atoms with Crippen LogP contribution < -0.4 is 5.32 Å². The Kier molecular flexibility index (Phi) is 3.74. The molecule has 1 saturated heterocycles. The summed E-state index contributed by atoms with van der Waals surface area (Å²) in [5, 5.41) is 14.1. The van der Waals surface area contributed by atoms with Crippen molar-refractivity contribution >= 4 is 11.8 Å². The van der Waals surface area contributed by atoms with Crippen molar-refractivity contribution in [2.45, 2.75) is 50.0 Å². The summed E-state index contributed by atoms with van der Waals surface area (Å²) >= 11 is 2.06. The summed E-state index contributed by atoms with van der Waals surface area (Å²) in [6, 6.07) is 0.697. The Morgan fingerprint density at radius 2 is 2.29 bits per heavy atom. The average molecular weight is 215 g/mol. The van der Waals surface area contributed by atoms with Gasteiger partial charge in [0, 0.05) is 23.6 Å². The van der Waals surface area contributed by atoms with Gasteiger partial charge in [-0.3, -0.25) is 0 Å². The van der Waals surface area contributed by atoms with Crippen molar-refractivity contribution in [1.29, 1.82) is 0 Å². The summed E-state index contributed by atoms with van der Waals surface area (Å²) in [6.07, 6.45) is 4.71. The molecule has 0 aromatic rings. The van der Waals surface area contributed by atoms with Gasteiger partial charge >= 0.3 is 0 Å². The summed E-state index contributed by atoms with van der Waals surface area (Å²) in [4.78, 5) is 0. The molecule has 82 valence electrons. The molecule has 0 spiro atoms. The highest BCUT2D eigenvalue weighted by Gasteiger charge is 2.27. The summed E-state index contributed by atoms with van der Waals surface area (Å²) in [5.41, 5.74) is 0. The molecule has 2 aliphatic rings. The molecule has 0 aromatic carbocycles. The van der Waals surface area contributed by atoms with E-state index in [1.807, 2.05) is 0 Å². The van der Waals surface area contributed by atoms with Gasteiger partial charge in [0.15, 0.2) is 0 Å². The first-order valence-electron chi connectivity index (χ1n) is 5.78. The molecular weight excluding hydrogens is 194 g/mol. The molecule has 0 bridgehead atoms. The Labute approximate surface area is 90.8 Å². The second-order valence-corrected chi connectivity index (χ2v) is 6.21. The van der Waals surface area contributed by atoms with Crippen molar-refractivity contribution in [2.24, 2.45) is 5.92 Å². The van der Waals surface area contributed by atoms with Crippen LogP contribution in [0.5, 0.6) is 0 Å². The van der Waals surface area contributed by atoms with Crippen LogP contribution in [0.1, 0.15) is 32.6 Å². The predicted octanol–water partition coefficient (Wildman–Crippen LogP) is 1.63. The van der Waals surface area contributed by atoms with E-state index in [-0.39, 0.29) is 6.10 Å². The maximum atomic E-state index is 9.67. The fraction of sp³-hybridized carbons (Fsp3) is 1.00. The van der Waals surface area contributed by atoms with Crippen LogP contribution in [0.15, 0.2) is 0 Å². The lowest BCUT2D eigenvalue weighted by Gasteiger charge is -2.18. The van der Waals surface area contributed by atoms with E-state index >= 15 is 0 Å². The van der Waals surface area contributed by atoms with Gasteiger partial charge in [-0.15, -0.1) is 0 Å². The molecule has 4 unspecified atom stereocenters. The normalized spacial score (nSPS) is 43.3. The molecular formula is C11H21NOS. The van der Waals surface area contributed by atoms with Gasteiger partial charge in [-0.25, -0.2) is 0 Å². The minimum Gasteiger partial charge on any atom is -0.393 e. The Morgan fingerprint density at radius 1 is 1.43 bits per heavy atom. The Bertz CT molecular complexity index is 188. The fourth-order valence-corrected chi connectivity index (χ4v) is 3.72. The number of thioether (sulfide) groups is 1. The lowest BCUT2D eigenvalue weighted by atomic mass is 10.1. The second kappa shape index (κ2) is 4.86. The highest BCUT2D eigenvalue weighted by Crippen LogP contribution is 2.28. The largest absolute Gasteiger partial charge is 0.393 e. The van der Waals surface area contributed by atoms with Crippen molar-refractivity contribution in [3.05, 3.63) is 0 Å². The van der Waals surface area contributed by atoms with Gasteiger partial charge in [-0.2, -0.15) is 11.8 Å². The van der Waals surface area contributed by atoms with E-state index < -0.39 is 0 Å². The van der Waals surface area contributed by atoms with Crippen LogP contribution in [0.2, 0.25) is 0 Å². The monoisotopic (exact) mass is 215 g/mol. The van der Waals surface area contributed by atoms with Crippen LogP contribution in [0.4, 0.5) is 0 Å². The number of aliphatic hydroxyl groups excluding tert-OH is 1. The molecule has 2 nitrogen and oxygen atoms in total. The summed E-state index contributed by atoms with van der Waals surface area (Å²) in [6.45, 7) is 3.33. The number of nitrogens with one attached hydrogen (secondary N) is 1. The standard InChI is InChI=1S/C11H21NOS/c1-8-5-10(7-14-8)12-6-9-3-2-4-11(9)13/h8-13H,2-7H2,1H3. The topological polar surface area (TPSA) is 32.3 Å². The predicted molar refractivity (Wildman–Crippen MR) is 61.7 cm³/mol. The highest BCUT2D eigenvalue weighted by molar-refractivity contribution is 8.00. The van der Waals surface area contributed by atoms with Crippen molar-refractivity contribution in [2.75, 3.05) is 12.3 Å².